The molecule has 29 heavy (non-hydrogen) atoms. The summed E-state index contributed by atoms with van der Waals surface area (Å²) in [6, 6.07) is 4.70. The number of carbonyl (C=O) groups excluding carboxylic acids is 2. The van der Waals surface area contributed by atoms with E-state index in [9.17, 15) is 22.8 Å². The zero-order valence-electron chi connectivity index (χ0n) is 16.2. The summed E-state index contributed by atoms with van der Waals surface area (Å²) in [5, 5.41) is 0. The van der Waals surface area contributed by atoms with Crippen molar-refractivity contribution < 1.29 is 27.5 Å². The van der Waals surface area contributed by atoms with Gasteiger partial charge in [0, 0.05) is 37.8 Å². The van der Waals surface area contributed by atoms with Crippen molar-refractivity contribution >= 4 is 11.8 Å². The molecule has 3 saturated heterocycles. The van der Waals surface area contributed by atoms with Crippen LogP contribution in [0.15, 0.2) is 24.3 Å². The predicted molar refractivity (Wildman–Crippen MR) is 99.1 cm³/mol. The average molecular weight is 410 g/mol. The van der Waals surface area contributed by atoms with Gasteiger partial charge >= 0.3 is 6.18 Å². The molecule has 3 fully saturated rings. The molecule has 0 aliphatic carbocycles. The fourth-order valence-corrected chi connectivity index (χ4v) is 4.84. The van der Waals surface area contributed by atoms with Crippen LogP contribution in [0.3, 0.4) is 0 Å². The minimum Gasteiger partial charge on any atom is -0.381 e. The van der Waals surface area contributed by atoms with Crippen LogP contribution in [0, 0.1) is 11.8 Å². The molecule has 2 amide bonds. The summed E-state index contributed by atoms with van der Waals surface area (Å²) >= 11 is 0. The van der Waals surface area contributed by atoms with Gasteiger partial charge in [0.15, 0.2) is 0 Å². The minimum atomic E-state index is -4.47. The number of benzene rings is 1. The molecular formula is C21H25F3N2O3. The third kappa shape index (κ3) is 4.13. The highest BCUT2D eigenvalue weighted by atomic mass is 19.4. The first-order valence-corrected chi connectivity index (χ1v) is 10.2. The van der Waals surface area contributed by atoms with E-state index in [1.807, 2.05) is 4.90 Å². The van der Waals surface area contributed by atoms with Gasteiger partial charge in [-0.15, -0.1) is 0 Å². The second-order valence-electron chi connectivity index (χ2n) is 8.18. The maximum Gasteiger partial charge on any atom is 0.416 e. The number of hydrogen-bond donors (Lipinski definition) is 0. The SMILES string of the molecule is O=C(c1cccc(C(F)(F)F)c1)N1CC[C@@H]2[C@H](CCCN2C(=O)C2CCOC2)C1. The van der Waals surface area contributed by atoms with E-state index in [0.29, 0.717) is 32.7 Å². The number of carbonyl (C=O) groups is 2. The number of rotatable bonds is 2. The number of nitrogens with zero attached hydrogens (tertiary/aromatic N) is 2. The van der Waals surface area contributed by atoms with E-state index < -0.39 is 11.7 Å². The molecule has 0 radical (unpaired) electrons. The van der Waals surface area contributed by atoms with E-state index >= 15 is 0 Å². The number of piperidine rings is 2. The Hall–Kier alpha value is -2.09. The summed E-state index contributed by atoms with van der Waals surface area (Å²) in [7, 11) is 0. The zero-order chi connectivity index (χ0) is 20.6. The Kier molecular flexibility index (Phi) is 5.55. The van der Waals surface area contributed by atoms with Crippen molar-refractivity contribution in [2.75, 3.05) is 32.8 Å². The van der Waals surface area contributed by atoms with E-state index in [1.165, 1.54) is 12.1 Å². The van der Waals surface area contributed by atoms with Gasteiger partial charge < -0.3 is 14.5 Å². The fraction of sp³-hybridized carbons (Fsp3) is 0.619. The highest BCUT2D eigenvalue weighted by Crippen LogP contribution is 2.34. The first-order chi connectivity index (χ1) is 13.8. The molecule has 3 atom stereocenters. The first kappa shape index (κ1) is 20.2. The van der Waals surface area contributed by atoms with Crippen LogP contribution in [0.1, 0.15) is 41.6 Å². The van der Waals surface area contributed by atoms with Crippen LogP contribution >= 0.6 is 0 Å². The molecule has 4 rings (SSSR count). The van der Waals surface area contributed by atoms with Crippen molar-refractivity contribution in [3.8, 4) is 0 Å². The van der Waals surface area contributed by atoms with Gasteiger partial charge in [-0.1, -0.05) is 6.07 Å². The van der Waals surface area contributed by atoms with Gasteiger partial charge in [0.05, 0.1) is 18.1 Å². The van der Waals surface area contributed by atoms with Crippen molar-refractivity contribution in [3.05, 3.63) is 35.4 Å². The number of hydrogen-bond acceptors (Lipinski definition) is 3. The number of halogens is 3. The van der Waals surface area contributed by atoms with Crippen molar-refractivity contribution in [2.45, 2.75) is 37.9 Å². The molecule has 5 nitrogen and oxygen atoms in total. The molecule has 0 saturated carbocycles. The average Bonchev–Trinajstić information content (AvgIpc) is 3.26. The van der Waals surface area contributed by atoms with Gasteiger partial charge in [-0.25, -0.2) is 0 Å². The molecule has 0 spiro atoms. The molecule has 1 aromatic carbocycles. The molecule has 0 aromatic heterocycles. The monoisotopic (exact) mass is 410 g/mol. The number of alkyl halides is 3. The summed E-state index contributed by atoms with van der Waals surface area (Å²) < 4.78 is 44.3. The molecule has 0 bridgehead atoms. The lowest BCUT2D eigenvalue weighted by Crippen LogP contribution is -2.57. The second kappa shape index (κ2) is 7.97. The van der Waals surface area contributed by atoms with E-state index in [1.54, 1.807) is 4.90 Å². The molecule has 1 unspecified atom stereocenters. The van der Waals surface area contributed by atoms with Crippen molar-refractivity contribution in [1.82, 2.24) is 9.80 Å². The lowest BCUT2D eigenvalue weighted by atomic mass is 9.83. The Balaban J connectivity index is 1.44. The van der Waals surface area contributed by atoms with Gasteiger partial charge in [-0.2, -0.15) is 13.2 Å². The first-order valence-electron chi connectivity index (χ1n) is 10.2. The van der Waals surface area contributed by atoms with Crippen LogP contribution in [-0.2, 0) is 15.7 Å². The summed E-state index contributed by atoms with van der Waals surface area (Å²) in [5.74, 6) is -0.130. The Morgan fingerprint density at radius 1 is 1.10 bits per heavy atom. The van der Waals surface area contributed by atoms with Crippen LogP contribution in [0.25, 0.3) is 0 Å². The lowest BCUT2D eigenvalue weighted by molar-refractivity contribution is -0.142. The van der Waals surface area contributed by atoms with Crippen LogP contribution in [-0.4, -0.2) is 60.5 Å². The standard InChI is InChI=1S/C21H25F3N2O3/c22-21(23,24)17-5-1-3-14(11-17)19(27)25-9-6-18-15(12-25)4-2-8-26(18)20(28)16-7-10-29-13-16/h1,3,5,11,15-16,18H,2,4,6-10,12-13H2/t15-,16?,18-/m1/s1. The van der Waals surface area contributed by atoms with Gasteiger partial charge in [0.25, 0.3) is 5.91 Å². The van der Waals surface area contributed by atoms with Crippen LogP contribution in [0.5, 0.6) is 0 Å². The molecule has 0 N–H and O–H groups in total. The summed E-state index contributed by atoms with van der Waals surface area (Å²) in [6.07, 6.45) is -1.26. The van der Waals surface area contributed by atoms with Crippen molar-refractivity contribution in [1.29, 1.82) is 0 Å². The Morgan fingerprint density at radius 3 is 2.66 bits per heavy atom. The fourth-order valence-electron chi connectivity index (χ4n) is 4.84. The molecule has 1 aromatic rings. The summed E-state index contributed by atoms with van der Waals surface area (Å²) in [5.41, 5.74) is -0.753. The zero-order valence-corrected chi connectivity index (χ0v) is 16.2. The quantitative estimate of drug-likeness (QED) is 0.753. The maximum absolute atomic E-state index is 13.0. The number of ether oxygens (including phenoxy) is 1. The topological polar surface area (TPSA) is 49.9 Å². The number of likely N-dealkylation sites (tertiary alicyclic amines) is 2. The largest absolute Gasteiger partial charge is 0.416 e. The lowest BCUT2D eigenvalue weighted by Gasteiger charge is -2.47. The third-order valence-corrected chi connectivity index (χ3v) is 6.35. The molecule has 8 heteroatoms. The third-order valence-electron chi connectivity index (χ3n) is 6.35. The highest BCUT2D eigenvalue weighted by Gasteiger charge is 2.41. The normalized spacial score (nSPS) is 27.6. The van der Waals surface area contributed by atoms with Gasteiger partial charge in [0.1, 0.15) is 0 Å². The molecule has 3 aliphatic heterocycles. The van der Waals surface area contributed by atoms with Crippen molar-refractivity contribution in [2.24, 2.45) is 11.8 Å². The van der Waals surface area contributed by atoms with Crippen LogP contribution in [0.2, 0.25) is 0 Å². The number of amides is 2. The summed E-state index contributed by atoms with van der Waals surface area (Å²) in [6.45, 7) is 2.76. The van der Waals surface area contributed by atoms with E-state index in [4.69, 9.17) is 4.74 Å². The van der Waals surface area contributed by atoms with E-state index in [0.717, 1.165) is 37.9 Å². The highest BCUT2D eigenvalue weighted by molar-refractivity contribution is 5.94. The van der Waals surface area contributed by atoms with E-state index in [-0.39, 0.29) is 35.3 Å². The van der Waals surface area contributed by atoms with Crippen LogP contribution < -0.4 is 0 Å². The smallest absolute Gasteiger partial charge is 0.381 e. The van der Waals surface area contributed by atoms with Gasteiger partial charge in [0.2, 0.25) is 5.91 Å². The molecular weight excluding hydrogens is 385 g/mol. The Bertz CT molecular complexity index is 777. The van der Waals surface area contributed by atoms with Gasteiger partial charge in [-0.3, -0.25) is 9.59 Å². The Labute approximate surface area is 167 Å². The molecule has 3 heterocycles. The number of fused-ring (bicyclic) bond motifs is 1. The van der Waals surface area contributed by atoms with Crippen LogP contribution in [0.4, 0.5) is 13.2 Å². The Morgan fingerprint density at radius 2 is 1.93 bits per heavy atom. The minimum absolute atomic E-state index is 0.0603. The van der Waals surface area contributed by atoms with E-state index in [2.05, 4.69) is 0 Å². The maximum atomic E-state index is 13.0. The summed E-state index contributed by atoms with van der Waals surface area (Å²) in [4.78, 5) is 29.3. The van der Waals surface area contributed by atoms with Crippen molar-refractivity contribution in [3.63, 3.8) is 0 Å². The second-order valence-corrected chi connectivity index (χ2v) is 8.18. The van der Waals surface area contributed by atoms with Gasteiger partial charge in [-0.05, 0) is 49.8 Å². The predicted octanol–water partition coefficient (Wildman–Crippen LogP) is 3.20. The molecule has 158 valence electrons. The molecule has 3 aliphatic rings.